The summed E-state index contributed by atoms with van der Waals surface area (Å²) in [6, 6.07) is 10.2. The number of carboxylic acids is 1. The average molecular weight is 381 g/mol. The molecular weight excluding hydrogens is 358 g/mol. The number of aryl methyl sites for hydroxylation is 2. The molecule has 0 unspecified atom stereocenters. The molecule has 4 heteroatoms. The minimum absolute atomic E-state index is 0.136. The van der Waals surface area contributed by atoms with E-state index >= 15 is 0 Å². The number of aromatic carboxylic acids is 1. The Hall–Kier alpha value is -2.00. The Morgan fingerprint density at radius 1 is 1.11 bits per heavy atom. The van der Waals surface area contributed by atoms with Gasteiger partial charge in [0.2, 0.25) is 0 Å². The maximum Gasteiger partial charge on any atom is 0.0736 e. The van der Waals surface area contributed by atoms with E-state index in [1.165, 1.54) is 42.0 Å². The summed E-state index contributed by atoms with van der Waals surface area (Å²) >= 11 is 6.30. The van der Waals surface area contributed by atoms with Crippen molar-refractivity contribution in [1.82, 2.24) is 0 Å². The molecule has 5 rings (SSSR count). The largest absolute Gasteiger partial charge is 0.545 e. The maximum atomic E-state index is 11.8. The normalized spacial score (nSPS) is 30.6. The van der Waals surface area contributed by atoms with Crippen LogP contribution in [0, 0.1) is 31.6 Å². The highest BCUT2D eigenvalue weighted by Gasteiger charge is 2.54. The van der Waals surface area contributed by atoms with Crippen molar-refractivity contribution in [1.29, 1.82) is 0 Å². The van der Waals surface area contributed by atoms with Crippen LogP contribution in [-0.2, 0) is 0 Å². The first-order valence-corrected chi connectivity index (χ1v) is 10.2. The fourth-order valence-corrected chi connectivity index (χ4v) is 6.35. The quantitative estimate of drug-likeness (QED) is 0.827. The van der Waals surface area contributed by atoms with Crippen LogP contribution in [0.25, 0.3) is 0 Å². The molecule has 1 aliphatic heterocycles. The molecular formula is C23H23ClNO2-. The van der Waals surface area contributed by atoms with Crippen LogP contribution >= 0.6 is 11.6 Å². The summed E-state index contributed by atoms with van der Waals surface area (Å²) in [6.07, 6.45) is 3.75. The third kappa shape index (κ3) is 2.51. The van der Waals surface area contributed by atoms with Crippen LogP contribution in [0.2, 0.25) is 5.02 Å². The Morgan fingerprint density at radius 3 is 2.67 bits per heavy atom. The van der Waals surface area contributed by atoms with Gasteiger partial charge in [-0.05, 0) is 85.6 Å². The Bertz CT molecular complexity index is 954. The molecule has 140 valence electrons. The van der Waals surface area contributed by atoms with E-state index in [9.17, 15) is 9.90 Å². The van der Waals surface area contributed by atoms with Crippen LogP contribution < -0.4 is 10.4 Å². The number of benzene rings is 2. The Kier molecular flexibility index (Phi) is 3.80. The lowest BCUT2D eigenvalue weighted by Crippen LogP contribution is -2.37. The van der Waals surface area contributed by atoms with Crippen LogP contribution in [0.4, 0.5) is 5.69 Å². The topological polar surface area (TPSA) is 52.2 Å². The van der Waals surface area contributed by atoms with Gasteiger partial charge in [-0.1, -0.05) is 35.4 Å². The van der Waals surface area contributed by atoms with Crippen molar-refractivity contribution in [3.63, 3.8) is 0 Å². The Labute approximate surface area is 164 Å². The van der Waals surface area contributed by atoms with Crippen molar-refractivity contribution in [2.75, 3.05) is 5.32 Å². The third-order valence-electron chi connectivity index (χ3n) is 7.15. The van der Waals surface area contributed by atoms with Crippen LogP contribution in [0.5, 0.6) is 0 Å². The van der Waals surface area contributed by atoms with E-state index in [4.69, 9.17) is 11.6 Å². The van der Waals surface area contributed by atoms with Gasteiger partial charge in [-0.25, -0.2) is 0 Å². The monoisotopic (exact) mass is 380 g/mol. The summed E-state index contributed by atoms with van der Waals surface area (Å²) in [4.78, 5) is 11.8. The number of nitrogens with one attached hydrogen (secondary N) is 1. The highest BCUT2D eigenvalue weighted by atomic mass is 35.5. The number of rotatable bonds is 2. The van der Waals surface area contributed by atoms with Crippen LogP contribution in [0.3, 0.4) is 0 Å². The second-order valence-corrected chi connectivity index (χ2v) is 9.06. The van der Waals surface area contributed by atoms with Gasteiger partial charge in [-0.3, -0.25) is 0 Å². The molecule has 2 aromatic rings. The SMILES string of the molecule is Cc1ccc(C)c([C@H]2Nc3c(C(=O)[O-])cc(Cl)cc3[C@H]3[C@H]4CC[C@@H](C4)[C@@H]32)c1. The molecule has 3 nitrogen and oxygen atoms in total. The van der Waals surface area contributed by atoms with E-state index in [1.807, 2.05) is 6.07 Å². The maximum absolute atomic E-state index is 11.8. The molecule has 0 aromatic heterocycles. The molecule has 2 fully saturated rings. The zero-order valence-electron chi connectivity index (χ0n) is 15.6. The lowest BCUT2D eigenvalue weighted by Gasteiger charge is -2.44. The molecule has 2 bridgehead atoms. The van der Waals surface area contributed by atoms with E-state index in [1.54, 1.807) is 0 Å². The van der Waals surface area contributed by atoms with Crippen molar-refractivity contribution in [2.24, 2.45) is 17.8 Å². The standard InChI is InChI=1S/C23H24ClNO2/c1-11-3-4-12(2)16(7-11)22-20-14-6-5-13(8-14)19(20)17-9-15(24)10-18(23(26)27)21(17)25-22/h3-4,7,9-10,13-14,19-20,22,25H,5-6,8H2,1-2H3,(H,26,27)/p-1/t13-,14-,19+,20-,22+/m0/s1. The van der Waals surface area contributed by atoms with Crippen molar-refractivity contribution in [3.05, 3.63) is 63.2 Å². The minimum Gasteiger partial charge on any atom is -0.545 e. The zero-order valence-corrected chi connectivity index (χ0v) is 16.3. The molecule has 1 N–H and O–H groups in total. The molecule has 0 saturated heterocycles. The summed E-state index contributed by atoms with van der Waals surface area (Å²) in [5.74, 6) is 1.02. The van der Waals surface area contributed by atoms with Crippen LogP contribution in [-0.4, -0.2) is 5.97 Å². The van der Waals surface area contributed by atoms with Gasteiger partial charge >= 0.3 is 0 Å². The first kappa shape index (κ1) is 17.1. The van der Waals surface area contributed by atoms with E-state index < -0.39 is 5.97 Å². The fraction of sp³-hybridized carbons (Fsp3) is 0.435. The van der Waals surface area contributed by atoms with Gasteiger partial charge < -0.3 is 15.2 Å². The van der Waals surface area contributed by atoms with Gasteiger partial charge in [0, 0.05) is 16.3 Å². The molecule has 2 aliphatic carbocycles. The van der Waals surface area contributed by atoms with E-state index in [0.29, 0.717) is 28.7 Å². The van der Waals surface area contributed by atoms with Crippen molar-refractivity contribution < 1.29 is 9.90 Å². The van der Waals surface area contributed by atoms with Gasteiger partial charge in [0.15, 0.2) is 0 Å². The molecule has 0 radical (unpaired) electrons. The van der Waals surface area contributed by atoms with Crippen LogP contribution in [0.15, 0.2) is 30.3 Å². The summed E-state index contributed by atoms with van der Waals surface area (Å²) in [5.41, 5.74) is 5.78. The summed E-state index contributed by atoms with van der Waals surface area (Å²) < 4.78 is 0. The summed E-state index contributed by atoms with van der Waals surface area (Å²) in [6.45, 7) is 4.26. The van der Waals surface area contributed by atoms with Crippen LogP contribution in [0.1, 0.15) is 63.8 Å². The molecule has 2 saturated carbocycles. The molecule has 3 aliphatic rings. The number of hydrogen-bond donors (Lipinski definition) is 1. The molecule has 27 heavy (non-hydrogen) atoms. The first-order valence-electron chi connectivity index (χ1n) is 9.82. The van der Waals surface area contributed by atoms with Crippen molar-refractivity contribution in [3.8, 4) is 0 Å². The predicted molar refractivity (Wildman–Crippen MR) is 105 cm³/mol. The average Bonchev–Trinajstić information content (AvgIpc) is 3.25. The minimum atomic E-state index is -1.16. The number of fused-ring (bicyclic) bond motifs is 7. The highest BCUT2D eigenvalue weighted by Crippen LogP contribution is 2.64. The van der Waals surface area contributed by atoms with Gasteiger partial charge in [-0.2, -0.15) is 0 Å². The smallest absolute Gasteiger partial charge is 0.0736 e. The summed E-state index contributed by atoms with van der Waals surface area (Å²) in [7, 11) is 0. The number of anilines is 1. The van der Waals surface area contributed by atoms with Gasteiger partial charge in [-0.15, -0.1) is 0 Å². The number of hydrogen-bond acceptors (Lipinski definition) is 3. The van der Waals surface area contributed by atoms with Gasteiger partial charge in [0.05, 0.1) is 12.0 Å². The second-order valence-electron chi connectivity index (χ2n) is 8.62. The lowest BCUT2D eigenvalue weighted by molar-refractivity contribution is -0.254. The predicted octanol–water partition coefficient (Wildman–Crippen LogP) is 4.62. The van der Waals surface area contributed by atoms with Gasteiger partial charge in [0.1, 0.15) is 0 Å². The zero-order chi connectivity index (χ0) is 18.9. The molecule has 2 aromatic carbocycles. The third-order valence-corrected chi connectivity index (χ3v) is 7.37. The van der Waals surface area contributed by atoms with E-state index in [-0.39, 0.29) is 11.6 Å². The highest BCUT2D eigenvalue weighted by molar-refractivity contribution is 6.31. The van der Waals surface area contributed by atoms with Crippen molar-refractivity contribution in [2.45, 2.75) is 45.1 Å². The number of carbonyl (C=O) groups is 1. The second kappa shape index (κ2) is 6.00. The Balaban J connectivity index is 1.72. The van der Waals surface area contributed by atoms with Crippen molar-refractivity contribution >= 4 is 23.3 Å². The number of carbonyl (C=O) groups excluding carboxylic acids is 1. The molecule has 0 amide bonds. The molecule has 1 heterocycles. The van der Waals surface area contributed by atoms with E-state index in [2.05, 4.69) is 37.4 Å². The first-order chi connectivity index (χ1) is 12.9. The lowest BCUT2D eigenvalue weighted by atomic mass is 9.67. The number of carboxylic acid groups (broad SMARTS) is 1. The molecule has 0 spiro atoms. The summed E-state index contributed by atoms with van der Waals surface area (Å²) in [5, 5.41) is 16.0. The van der Waals surface area contributed by atoms with E-state index in [0.717, 1.165) is 11.3 Å². The fourth-order valence-electron chi connectivity index (χ4n) is 6.12. The Morgan fingerprint density at radius 2 is 1.89 bits per heavy atom. The number of halogens is 1. The van der Waals surface area contributed by atoms with Gasteiger partial charge in [0.25, 0.3) is 0 Å². The molecule has 5 atom stereocenters.